The molecule has 2 heteroatoms. The molecule has 6 bridgehead atoms. The Bertz CT molecular complexity index is 641. The fraction of sp³-hybridized carbons (Fsp3) is 0.0667. The molecule has 1 atom stereocenters. The maximum atomic E-state index is 3.62. The van der Waals surface area contributed by atoms with Gasteiger partial charge in [0.15, 0.2) is 0 Å². The minimum absolute atomic E-state index is 0.425. The van der Waals surface area contributed by atoms with Crippen LogP contribution >= 0.6 is 27.7 Å². The van der Waals surface area contributed by atoms with Crippen LogP contribution in [-0.2, 0) is 0 Å². The zero-order valence-corrected chi connectivity index (χ0v) is 11.4. The molecular weight excluding hydrogens is 292 g/mol. The second-order valence-electron chi connectivity index (χ2n) is 4.41. The first-order valence-corrected chi connectivity index (χ1v) is 7.22. The Morgan fingerprint density at radius 2 is 1.88 bits per heavy atom. The molecule has 2 heterocycles. The smallest absolute Gasteiger partial charge is 0.0279 e. The van der Waals surface area contributed by atoms with E-state index >= 15 is 0 Å². The number of hydrogen-bond acceptors (Lipinski definition) is 1. The molecule has 0 N–H and O–H groups in total. The lowest BCUT2D eigenvalue weighted by Crippen LogP contribution is -1.95. The molecule has 5 rings (SSSR count). The first-order chi connectivity index (χ1) is 8.31. The monoisotopic (exact) mass is 300 g/mol. The molecule has 2 aromatic rings. The van der Waals surface area contributed by atoms with Gasteiger partial charge in [-0.15, -0.1) is 0 Å². The van der Waals surface area contributed by atoms with Crippen LogP contribution in [0.15, 0.2) is 56.7 Å². The molecule has 0 spiro atoms. The second-order valence-corrected chi connectivity index (χ2v) is 6.45. The predicted octanol–water partition coefficient (Wildman–Crippen LogP) is 5.07. The normalized spacial score (nSPS) is 19.0. The van der Waals surface area contributed by atoms with Crippen molar-refractivity contribution in [3.05, 3.63) is 63.6 Å². The summed E-state index contributed by atoms with van der Waals surface area (Å²) < 4.78 is 1.18. The summed E-state index contributed by atoms with van der Waals surface area (Å²) in [6.07, 6.45) is 4.58. The van der Waals surface area contributed by atoms with Gasteiger partial charge in [0.2, 0.25) is 0 Å². The van der Waals surface area contributed by atoms with Gasteiger partial charge >= 0.3 is 0 Å². The van der Waals surface area contributed by atoms with Gasteiger partial charge in [0.1, 0.15) is 0 Å². The summed E-state index contributed by atoms with van der Waals surface area (Å²) in [4.78, 5) is 2.66. The van der Waals surface area contributed by atoms with E-state index in [2.05, 4.69) is 64.5 Å². The molecule has 0 nitrogen and oxygen atoms in total. The maximum Gasteiger partial charge on any atom is 0.0279 e. The summed E-state index contributed by atoms with van der Waals surface area (Å²) in [7, 11) is 0. The van der Waals surface area contributed by atoms with Gasteiger partial charge in [-0.1, -0.05) is 52.0 Å². The molecule has 0 saturated carbocycles. The highest BCUT2D eigenvalue weighted by Crippen LogP contribution is 2.45. The van der Waals surface area contributed by atoms with Crippen LogP contribution in [0.5, 0.6) is 0 Å². The van der Waals surface area contributed by atoms with Crippen molar-refractivity contribution in [2.75, 3.05) is 0 Å². The third-order valence-electron chi connectivity index (χ3n) is 3.40. The average molecular weight is 301 g/mol. The lowest BCUT2D eigenvalue weighted by Gasteiger charge is -2.11. The summed E-state index contributed by atoms with van der Waals surface area (Å²) in [5.74, 6) is 0.425. The number of fused-ring (bicyclic) bond motifs is 2. The quantitative estimate of drug-likeness (QED) is 0.654. The van der Waals surface area contributed by atoms with Gasteiger partial charge in [-0.2, -0.15) is 0 Å². The van der Waals surface area contributed by atoms with E-state index in [1.807, 2.05) is 11.8 Å². The third kappa shape index (κ3) is 1.44. The highest BCUT2D eigenvalue weighted by atomic mass is 79.9. The van der Waals surface area contributed by atoms with Gasteiger partial charge in [-0.05, 0) is 41.0 Å². The van der Waals surface area contributed by atoms with Gasteiger partial charge in [-0.3, -0.25) is 0 Å². The van der Waals surface area contributed by atoms with E-state index in [0.29, 0.717) is 5.92 Å². The Morgan fingerprint density at radius 1 is 1.06 bits per heavy atom. The second kappa shape index (κ2) is 3.50. The number of rotatable bonds is 0. The molecule has 0 fully saturated rings. The Labute approximate surface area is 113 Å². The fourth-order valence-corrected chi connectivity index (χ4v) is 4.23. The molecule has 3 aliphatic rings. The van der Waals surface area contributed by atoms with Crippen molar-refractivity contribution >= 4 is 33.8 Å². The number of benzene rings is 2. The summed E-state index contributed by atoms with van der Waals surface area (Å²) in [6, 6.07) is 13.4. The van der Waals surface area contributed by atoms with Crippen LogP contribution in [0.4, 0.5) is 0 Å². The average Bonchev–Trinajstić information content (AvgIpc) is 2.75. The summed E-state index contributed by atoms with van der Waals surface area (Å²) in [5.41, 5.74) is 4.20. The van der Waals surface area contributed by atoms with E-state index in [4.69, 9.17) is 0 Å². The van der Waals surface area contributed by atoms with Crippen LogP contribution < -0.4 is 0 Å². The summed E-state index contributed by atoms with van der Waals surface area (Å²) in [5, 5.41) is 0. The highest BCUT2D eigenvalue weighted by molar-refractivity contribution is 9.10. The van der Waals surface area contributed by atoms with Crippen molar-refractivity contribution in [2.45, 2.75) is 15.7 Å². The van der Waals surface area contributed by atoms with Crippen molar-refractivity contribution in [1.82, 2.24) is 0 Å². The van der Waals surface area contributed by atoms with E-state index in [9.17, 15) is 0 Å². The third-order valence-corrected chi connectivity index (χ3v) is 4.92. The number of allylic oxidation sites excluding steroid dienone is 1. The minimum atomic E-state index is 0.425. The zero-order valence-electron chi connectivity index (χ0n) is 8.98. The maximum absolute atomic E-state index is 3.62. The molecular formula is C15H9BrS. The van der Waals surface area contributed by atoms with E-state index < -0.39 is 0 Å². The van der Waals surface area contributed by atoms with Crippen molar-refractivity contribution in [3.8, 4) is 0 Å². The molecule has 0 aromatic heterocycles. The predicted molar refractivity (Wildman–Crippen MR) is 75.6 cm³/mol. The minimum Gasteiger partial charge on any atom is -0.0894 e. The van der Waals surface area contributed by atoms with Gasteiger partial charge < -0.3 is 0 Å². The van der Waals surface area contributed by atoms with Gasteiger partial charge in [0, 0.05) is 20.2 Å². The zero-order chi connectivity index (χ0) is 11.4. The topological polar surface area (TPSA) is 0 Å². The van der Waals surface area contributed by atoms with Crippen molar-refractivity contribution in [1.29, 1.82) is 0 Å². The van der Waals surface area contributed by atoms with E-state index in [-0.39, 0.29) is 0 Å². The lowest BCUT2D eigenvalue weighted by molar-refractivity contribution is 1.04. The van der Waals surface area contributed by atoms with Gasteiger partial charge in [0.25, 0.3) is 0 Å². The first-order valence-electron chi connectivity index (χ1n) is 5.61. The lowest BCUT2D eigenvalue weighted by atomic mass is 9.93. The first kappa shape index (κ1) is 9.98. The fourth-order valence-electron chi connectivity index (χ4n) is 2.59. The Balaban J connectivity index is 2.11. The molecule has 0 radical (unpaired) electrons. The number of halogens is 1. The van der Waals surface area contributed by atoms with Crippen molar-refractivity contribution in [2.24, 2.45) is 0 Å². The van der Waals surface area contributed by atoms with Crippen LogP contribution in [0.1, 0.15) is 22.6 Å². The van der Waals surface area contributed by atoms with Gasteiger partial charge in [-0.25, -0.2) is 0 Å². The van der Waals surface area contributed by atoms with E-state index in [1.54, 1.807) is 0 Å². The summed E-state index contributed by atoms with van der Waals surface area (Å²) in [6.45, 7) is 0. The molecule has 2 aliphatic heterocycles. The van der Waals surface area contributed by atoms with Crippen molar-refractivity contribution < 1.29 is 0 Å². The molecule has 1 unspecified atom stereocenters. The van der Waals surface area contributed by atoms with Crippen LogP contribution in [0.2, 0.25) is 0 Å². The molecule has 0 amide bonds. The Hall–Kier alpha value is -0.990. The SMILES string of the molecule is Brc1cc2c3c(c1)C(C=C3)c1ccc(cc1)S2. The molecule has 2 aromatic carbocycles. The van der Waals surface area contributed by atoms with Crippen molar-refractivity contribution in [3.63, 3.8) is 0 Å². The van der Waals surface area contributed by atoms with Crippen LogP contribution in [0, 0.1) is 0 Å². The Kier molecular flexibility index (Phi) is 2.06. The largest absolute Gasteiger partial charge is 0.0894 e. The van der Waals surface area contributed by atoms with Gasteiger partial charge in [0.05, 0.1) is 0 Å². The number of hydrogen-bond donors (Lipinski definition) is 0. The van der Waals surface area contributed by atoms with E-state index in [1.165, 1.54) is 31.0 Å². The molecule has 0 saturated heterocycles. The molecule has 82 valence electrons. The summed E-state index contributed by atoms with van der Waals surface area (Å²) >= 11 is 5.47. The molecule has 1 aliphatic carbocycles. The van der Waals surface area contributed by atoms with E-state index in [0.717, 1.165) is 0 Å². The highest BCUT2D eigenvalue weighted by Gasteiger charge is 2.24. The standard InChI is InChI=1S/C15H9BrS/c16-10-7-14-12-5-6-13(14)15(8-10)17-11-3-1-9(12)2-4-11/h1-8,12H. The molecule has 17 heavy (non-hydrogen) atoms. The van der Waals surface area contributed by atoms with Crippen LogP contribution in [0.3, 0.4) is 0 Å². The van der Waals surface area contributed by atoms with Crippen LogP contribution in [0.25, 0.3) is 6.08 Å². The Morgan fingerprint density at radius 3 is 2.71 bits per heavy atom. The van der Waals surface area contributed by atoms with Crippen LogP contribution in [-0.4, -0.2) is 0 Å².